The zero-order valence-electron chi connectivity index (χ0n) is 12.8. The number of benzene rings is 1. The van der Waals surface area contributed by atoms with E-state index in [0.29, 0.717) is 10.8 Å². The summed E-state index contributed by atoms with van der Waals surface area (Å²) in [4.78, 5) is 25.9. The second-order valence-corrected chi connectivity index (χ2v) is 6.64. The van der Waals surface area contributed by atoms with Gasteiger partial charge >= 0.3 is 0 Å². The summed E-state index contributed by atoms with van der Waals surface area (Å²) < 4.78 is 5.46. The second-order valence-electron chi connectivity index (χ2n) is 6.20. The largest absolute Gasteiger partial charge is 0.491 e. The van der Waals surface area contributed by atoms with E-state index in [1.807, 2.05) is 0 Å². The molecule has 1 saturated heterocycles. The van der Waals surface area contributed by atoms with Gasteiger partial charge in [0.25, 0.3) is 0 Å². The number of aliphatic hydroxyl groups is 1. The Labute approximate surface area is 140 Å². The highest BCUT2D eigenvalue weighted by atomic mass is 35.5. The maximum absolute atomic E-state index is 12.3. The third kappa shape index (κ3) is 3.51. The highest BCUT2D eigenvalue weighted by Crippen LogP contribution is 2.37. The van der Waals surface area contributed by atoms with Gasteiger partial charge in [-0.15, -0.1) is 0 Å². The summed E-state index contributed by atoms with van der Waals surface area (Å²) in [6.07, 6.45) is 2.65. The second kappa shape index (κ2) is 6.89. The first-order chi connectivity index (χ1) is 11.1. The van der Waals surface area contributed by atoms with Gasteiger partial charge in [-0.2, -0.15) is 0 Å². The van der Waals surface area contributed by atoms with Crippen LogP contribution < -0.4 is 4.74 Å². The molecular weight excluding hydrogens is 318 g/mol. The standard InChI is InChI=1S/C17H20ClNO4/c18-11-5-7-13(8-6-11)23-10-12(20)9-19-16(21)14-3-1-2-4-15(14)17(19)22/h5-8,12,14-15,20H,1-4,9-10H2. The minimum absolute atomic E-state index is 0.00173. The van der Waals surface area contributed by atoms with Crippen LogP contribution in [0.15, 0.2) is 24.3 Å². The van der Waals surface area contributed by atoms with Crippen molar-refractivity contribution in [3.63, 3.8) is 0 Å². The fourth-order valence-corrected chi connectivity index (χ4v) is 3.52. The number of likely N-dealkylation sites (tertiary alicyclic amines) is 1. The third-order valence-electron chi connectivity index (χ3n) is 4.58. The van der Waals surface area contributed by atoms with E-state index in [9.17, 15) is 14.7 Å². The smallest absolute Gasteiger partial charge is 0.233 e. The van der Waals surface area contributed by atoms with Gasteiger partial charge in [-0.05, 0) is 37.1 Å². The monoisotopic (exact) mass is 337 g/mol. The van der Waals surface area contributed by atoms with Crippen molar-refractivity contribution in [2.75, 3.05) is 13.2 Å². The average molecular weight is 338 g/mol. The van der Waals surface area contributed by atoms with Crippen LogP contribution in [0.2, 0.25) is 5.02 Å². The molecule has 1 aliphatic carbocycles. The van der Waals surface area contributed by atoms with Crippen molar-refractivity contribution in [2.24, 2.45) is 11.8 Å². The lowest BCUT2D eigenvalue weighted by Gasteiger charge is -2.19. The molecule has 3 atom stereocenters. The van der Waals surface area contributed by atoms with Gasteiger partial charge in [0, 0.05) is 5.02 Å². The number of nitrogens with zero attached hydrogens (tertiary/aromatic N) is 1. The summed E-state index contributed by atoms with van der Waals surface area (Å²) in [6.45, 7) is 0.0201. The van der Waals surface area contributed by atoms with Crippen LogP contribution in [0.5, 0.6) is 5.75 Å². The number of ether oxygens (including phenoxy) is 1. The van der Waals surface area contributed by atoms with Gasteiger partial charge in [-0.25, -0.2) is 0 Å². The van der Waals surface area contributed by atoms with E-state index in [1.54, 1.807) is 24.3 Å². The summed E-state index contributed by atoms with van der Waals surface area (Å²) in [6, 6.07) is 6.80. The van der Waals surface area contributed by atoms with Crippen LogP contribution in [-0.2, 0) is 9.59 Å². The highest BCUT2D eigenvalue weighted by molar-refractivity contribution is 6.30. The molecule has 2 amide bonds. The lowest BCUT2D eigenvalue weighted by atomic mass is 9.81. The molecule has 0 bridgehead atoms. The average Bonchev–Trinajstić information content (AvgIpc) is 2.80. The molecule has 3 unspecified atom stereocenters. The first-order valence-electron chi connectivity index (χ1n) is 7.98. The molecule has 2 fully saturated rings. The van der Waals surface area contributed by atoms with E-state index < -0.39 is 6.10 Å². The number of β-amino-alcohol motifs (C(OH)–C–C–N with tert-alkyl or cyclic N) is 1. The van der Waals surface area contributed by atoms with Crippen LogP contribution in [0.3, 0.4) is 0 Å². The van der Waals surface area contributed by atoms with Gasteiger partial charge < -0.3 is 9.84 Å². The molecule has 5 nitrogen and oxygen atoms in total. The zero-order valence-corrected chi connectivity index (χ0v) is 13.5. The molecule has 0 radical (unpaired) electrons. The molecule has 1 saturated carbocycles. The summed E-state index contributed by atoms with van der Waals surface area (Å²) >= 11 is 5.79. The number of fused-ring (bicyclic) bond motifs is 1. The van der Waals surface area contributed by atoms with Crippen molar-refractivity contribution in [1.82, 2.24) is 4.90 Å². The number of hydrogen-bond acceptors (Lipinski definition) is 4. The molecule has 0 spiro atoms. The van der Waals surface area contributed by atoms with E-state index in [1.165, 1.54) is 4.90 Å². The molecule has 1 heterocycles. The molecule has 23 heavy (non-hydrogen) atoms. The van der Waals surface area contributed by atoms with Crippen molar-refractivity contribution in [2.45, 2.75) is 31.8 Å². The van der Waals surface area contributed by atoms with E-state index in [-0.39, 0.29) is 36.8 Å². The number of aliphatic hydroxyl groups excluding tert-OH is 1. The molecule has 2 aliphatic rings. The maximum atomic E-state index is 12.3. The number of imide groups is 1. The van der Waals surface area contributed by atoms with Crippen LogP contribution in [0.25, 0.3) is 0 Å². The number of amides is 2. The number of halogens is 1. The summed E-state index contributed by atoms with van der Waals surface area (Å²) in [5.74, 6) is -0.0436. The molecule has 6 heteroatoms. The van der Waals surface area contributed by atoms with Crippen molar-refractivity contribution >= 4 is 23.4 Å². The van der Waals surface area contributed by atoms with E-state index in [4.69, 9.17) is 16.3 Å². The van der Waals surface area contributed by atoms with Gasteiger partial charge in [0.15, 0.2) is 0 Å². The van der Waals surface area contributed by atoms with E-state index >= 15 is 0 Å². The minimum Gasteiger partial charge on any atom is -0.491 e. The number of carbonyl (C=O) groups excluding carboxylic acids is 2. The van der Waals surface area contributed by atoms with Crippen molar-refractivity contribution in [3.05, 3.63) is 29.3 Å². The fraction of sp³-hybridized carbons (Fsp3) is 0.529. The Morgan fingerprint density at radius 3 is 2.26 bits per heavy atom. The van der Waals surface area contributed by atoms with Gasteiger partial charge in [0.2, 0.25) is 11.8 Å². The molecule has 1 aromatic rings. The highest BCUT2D eigenvalue weighted by Gasteiger charge is 2.48. The van der Waals surface area contributed by atoms with E-state index in [2.05, 4.69) is 0 Å². The Balaban J connectivity index is 1.55. The predicted octanol–water partition coefficient (Wildman–Crippen LogP) is 2.25. The molecule has 124 valence electrons. The normalized spacial score (nSPS) is 25.4. The van der Waals surface area contributed by atoms with Crippen LogP contribution in [0.1, 0.15) is 25.7 Å². The number of rotatable bonds is 5. The third-order valence-corrected chi connectivity index (χ3v) is 4.83. The molecule has 3 rings (SSSR count). The Morgan fingerprint density at radius 1 is 1.13 bits per heavy atom. The van der Waals surface area contributed by atoms with E-state index in [0.717, 1.165) is 25.7 Å². The minimum atomic E-state index is -0.904. The van der Waals surface area contributed by atoms with Crippen molar-refractivity contribution < 1.29 is 19.4 Å². The van der Waals surface area contributed by atoms with Crippen LogP contribution in [0, 0.1) is 11.8 Å². The zero-order chi connectivity index (χ0) is 16.4. The Bertz CT molecular complexity index is 565. The summed E-state index contributed by atoms with van der Waals surface area (Å²) in [7, 11) is 0. The Hall–Kier alpha value is -1.59. The number of hydrogen-bond donors (Lipinski definition) is 1. The molecular formula is C17H20ClNO4. The van der Waals surface area contributed by atoms with Gasteiger partial charge in [0.1, 0.15) is 18.5 Å². The Morgan fingerprint density at radius 2 is 1.70 bits per heavy atom. The van der Waals surface area contributed by atoms with Crippen LogP contribution in [-0.4, -0.2) is 41.1 Å². The maximum Gasteiger partial charge on any atom is 0.233 e. The first kappa shape index (κ1) is 16.3. The SMILES string of the molecule is O=C1C2CCCCC2C(=O)N1CC(O)COc1ccc(Cl)cc1. The quantitative estimate of drug-likeness (QED) is 0.837. The Kier molecular flexibility index (Phi) is 4.87. The van der Waals surface area contributed by atoms with Crippen LogP contribution >= 0.6 is 11.6 Å². The molecule has 0 aromatic heterocycles. The molecule has 1 aromatic carbocycles. The summed E-state index contributed by atoms with van der Waals surface area (Å²) in [5, 5.41) is 10.7. The van der Waals surface area contributed by atoms with Crippen molar-refractivity contribution in [3.8, 4) is 5.75 Å². The van der Waals surface area contributed by atoms with Crippen LogP contribution in [0.4, 0.5) is 0 Å². The van der Waals surface area contributed by atoms with Crippen molar-refractivity contribution in [1.29, 1.82) is 0 Å². The number of carbonyl (C=O) groups is 2. The molecule has 1 aliphatic heterocycles. The topological polar surface area (TPSA) is 66.8 Å². The summed E-state index contributed by atoms with van der Waals surface area (Å²) in [5.41, 5.74) is 0. The predicted molar refractivity (Wildman–Crippen MR) is 85.1 cm³/mol. The van der Waals surface area contributed by atoms with Gasteiger partial charge in [-0.3, -0.25) is 14.5 Å². The van der Waals surface area contributed by atoms with Gasteiger partial charge in [-0.1, -0.05) is 24.4 Å². The lowest BCUT2D eigenvalue weighted by Crippen LogP contribution is -2.40. The first-order valence-corrected chi connectivity index (χ1v) is 8.35. The fourth-order valence-electron chi connectivity index (χ4n) is 3.40. The lowest BCUT2D eigenvalue weighted by molar-refractivity contribution is -0.141. The molecule has 1 N–H and O–H groups in total. The van der Waals surface area contributed by atoms with Gasteiger partial charge in [0.05, 0.1) is 18.4 Å².